The lowest BCUT2D eigenvalue weighted by molar-refractivity contribution is -0.133. The van der Waals surface area contributed by atoms with Crippen molar-refractivity contribution in [3.05, 3.63) is 71.8 Å². The molecule has 1 saturated heterocycles. The molecule has 1 heterocycles. The van der Waals surface area contributed by atoms with Gasteiger partial charge in [0, 0.05) is 0 Å². The molecule has 1 saturated carbocycles. The van der Waals surface area contributed by atoms with E-state index in [1.54, 1.807) is 0 Å². The second kappa shape index (κ2) is 8.98. The van der Waals surface area contributed by atoms with Crippen LogP contribution in [0.25, 0.3) is 0 Å². The maximum atomic E-state index is 13.1. The third-order valence-corrected chi connectivity index (χ3v) is 6.17. The molecule has 0 radical (unpaired) electrons. The van der Waals surface area contributed by atoms with Crippen molar-refractivity contribution in [2.45, 2.75) is 49.9 Å². The first-order valence-corrected chi connectivity index (χ1v) is 10.6. The van der Waals surface area contributed by atoms with E-state index in [4.69, 9.17) is 4.74 Å². The number of nitrogens with zero attached hydrogens (tertiary/aromatic N) is 1. The second-order valence-electron chi connectivity index (χ2n) is 8.27. The van der Waals surface area contributed by atoms with E-state index in [9.17, 15) is 14.7 Å². The fourth-order valence-electron chi connectivity index (χ4n) is 4.50. The molecule has 2 N–H and O–H groups in total. The number of amides is 3. The fraction of sp³-hybridized carbons (Fsp3) is 0.417. The van der Waals surface area contributed by atoms with Gasteiger partial charge in [0.15, 0.2) is 0 Å². The number of hydrogen-bond donors (Lipinski definition) is 2. The first-order chi connectivity index (χ1) is 14.6. The zero-order chi connectivity index (χ0) is 21.0. The van der Waals surface area contributed by atoms with Gasteiger partial charge in [-0.15, -0.1) is 0 Å². The summed E-state index contributed by atoms with van der Waals surface area (Å²) in [5.74, 6) is 0.189. The second-order valence-corrected chi connectivity index (χ2v) is 8.27. The van der Waals surface area contributed by atoms with Crippen molar-refractivity contribution >= 4 is 11.9 Å². The van der Waals surface area contributed by atoms with Gasteiger partial charge in [-0.25, -0.2) is 4.79 Å². The zero-order valence-electron chi connectivity index (χ0n) is 17.0. The number of ether oxygens (including phenoxy) is 1. The SMILES string of the molecule is O=C1NC2(CCC(c3ccccc3)CC2)C(=O)N1CC(O)COCc1ccccc1. The van der Waals surface area contributed by atoms with Crippen molar-refractivity contribution in [1.29, 1.82) is 0 Å². The zero-order valence-corrected chi connectivity index (χ0v) is 17.0. The van der Waals surface area contributed by atoms with Crippen LogP contribution in [0, 0.1) is 0 Å². The molecule has 6 heteroatoms. The van der Waals surface area contributed by atoms with Crippen LogP contribution >= 0.6 is 0 Å². The van der Waals surface area contributed by atoms with Crippen LogP contribution in [0.2, 0.25) is 0 Å². The summed E-state index contributed by atoms with van der Waals surface area (Å²) in [4.78, 5) is 26.7. The van der Waals surface area contributed by atoms with Crippen LogP contribution in [0.1, 0.15) is 42.7 Å². The molecule has 158 valence electrons. The molecule has 2 aromatic rings. The molecule has 2 aliphatic rings. The Balaban J connectivity index is 1.29. The molecule has 6 nitrogen and oxygen atoms in total. The smallest absolute Gasteiger partial charge is 0.325 e. The molecule has 30 heavy (non-hydrogen) atoms. The van der Waals surface area contributed by atoms with E-state index >= 15 is 0 Å². The van der Waals surface area contributed by atoms with Crippen LogP contribution in [0.5, 0.6) is 0 Å². The number of hydrogen-bond acceptors (Lipinski definition) is 4. The summed E-state index contributed by atoms with van der Waals surface area (Å²) in [5, 5.41) is 13.2. The number of urea groups is 1. The molecular weight excluding hydrogens is 380 g/mol. The molecule has 4 rings (SSSR count). The summed E-state index contributed by atoms with van der Waals surface area (Å²) in [6.07, 6.45) is 2.03. The van der Waals surface area contributed by atoms with Crippen LogP contribution in [-0.2, 0) is 16.1 Å². The van der Waals surface area contributed by atoms with Gasteiger partial charge in [-0.2, -0.15) is 0 Å². The van der Waals surface area contributed by atoms with Crippen LogP contribution in [0.3, 0.4) is 0 Å². The van der Waals surface area contributed by atoms with Gasteiger partial charge in [-0.1, -0.05) is 60.7 Å². The van der Waals surface area contributed by atoms with Crippen molar-refractivity contribution in [2.24, 2.45) is 0 Å². The molecule has 1 aliphatic carbocycles. The van der Waals surface area contributed by atoms with Crippen LogP contribution in [0.4, 0.5) is 4.79 Å². The largest absolute Gasteiger partial charge is 0.389 e. The van der Waals surface area contributed by atoms with E-state index in [0.29, 0.717) is 25.4 Å². The summed E-state index contributed by atoms with van der Waals surface area (Å²) in [5.41, 5.74) is 1.47. The monoisotopic (exact) mass is 408 g/mol. The predicted octanol–water partition coefficient (Wildman–Crippen LogP) is 3.21. The highest BCUT2D eigenvalue weighted by Crippen LogP contribution is 2.40. The molecular formula is C24H28N2O4. The maximum absolute atomic E-state index is 13.1. The van der Waals surface area contributed by atoms with Gasteiger partial charge in [-0.3, -0.25) is 9.69 Å². The molecule has 2 fully saturated rings. The predicted molar refractivity (Wildman–Crippen MR) is 113 cm³/mol. The van der Waals surface area contributed by atoms with Crippen molar-refractivity contribution in [2.75, 3.05) is 13.2 Å². The maximum Gasteiger partial charge on any atom is 0.325 e. The van der Waals surface area contributed by atoms with Crippen LogP contribution < -0.4 is 5.32 Å². The van der Waals surface area contributed by atoms with Gasteiger partial charge < -0.3 is 15.2 Å². The molecule has 0 aromatic heterocycles. The summed E-state index contributed by atoms with van der Waals surface area (Å²) >= 11 is 0. The lowest BCUT2D eigenvalue weighted by Crippen LogP contribution is -2.49. The summed E-state index contributed by atoms with van der Waals surface area (Å²) in [6, 6.07) is 19.6. The Morgan fingerprint density at radius 2 is 1.67 bits per heavy atom. The molecule has 2 aromatic carbocycles. The molecule has 0 bridgehead atoms. The fourth-order valence-corrected chi connectivity index (χ4v) is 4.50. The van der Waals surface area contributed by atoms with E-state index in [1.165, 1.54) is 5.56 Å². The topological polar surface area (TPSA) is 78.9 Å². The van der Waals surface area contributed by atoms with Gasteiger partial charge in [0.05, 0.1) is 25.9 Å². The molecule has 1 unspecified atom stereocenters. The number of carbonyl (C=O) groups is 2. The first-order valence-electron chi connectivity index (χ1n) is 10.6. The molecule has 3 amide bonds. The minimum atomic E-state index is -0.917. The number of β-amino-alcohol motifs (C(OH)–C–C–N with tert-alkyl or cyclic N) is 1. The number of nitrogens with one attached hydrogen (secondary N) is 1. The van der Waals surface area contributed by atoms with Crippen LogP contribution in [-0.4, -0.2) is 46.7 Å². The van der Waals surface area contributed by atoms with E-state index in [2.05, 4.69) is 17.4 Å². The Bertz CT molecular complexity index is 863. The molecule has 1 atom stereocenters. The van der Waals surface area contributed by atoms with E-state index in [-0.39, 0.29) is 19.1 Å². The highest BCUT2D eigenvalue weighted by atomic mass is 16.5. The number of rotatable bonds is 7. The summed E-state index contributed by atoms with van der Waals surface area (Å²) < 4.78 is 5.54. The quantitative estimate of drug-likeness (QED) is 0.690. The number of benzene rings is 2. The number of aliphatic hydroxyl groups excluding tert-OH is 1. The molecule has 1 aliphatic heterocycles. The van der Waals surface area contributed by atoms with E-state index < -0.39 is 17.7 Å². The summed E-state index contributed by atoms with van der Waals surface area (Å²) in [6.45, 7) is 0.390. The third-order valence-electron chi connectivity index (χ3n) is 6.17. The summed E-state index contributed by atoms with van der Waals surface area (Å²) in [7, 11) is 0. The van der Waals surface area contributed by atoms with Gasteiger partial charge in [0.25, 0.3) is 5.91 Å². The van der Waals surface area contributed by atoms with Crippen LogP contribution in [0.15, 0.2) is 60.7 Å². The highest BCUT2D eigenvalue weighted by Gasteiger charge is 2.52. The highest BCUT2D eigenvalue weighted by molar-refractivity contribution is 6.07. The Morgan fingerprint density at radius 1 is 1.03 bits per heavy atom. The van der Waals surface area contributed by atoms with E-state index in [1.807, 2.05) is 48.5 Å². The number of aliphatic hydroxyl groups is 1. The molecule has 1 spiro atoms. The standard InChI is InChI=1S/C24H28N2O4/c27-21(17-30-16-18-7-3-1-4-8-18)15-26-22(28)24(25-23(26)29)13-11-20(12-14-24)19-9-5-2-6-10-19/h1-10,20-21,27H,11-17H2,(H,25,29). The van der Waals surface area contributed by atoms with Gasteiger partial charge >= 0.3 is 6.03 Å². The van der Waals surface area contributed by atoms with E-state index in [0.717, 1.165) is 23.3 Å². The Morgan fingerprint density at radius 3 is 2.33 bits per heavy atom. The lowest BCUT2D eigenvalue weighted by Gasteiger charge is -2.35. The average Bonchev–Trinajstić information content (AvgIpc) is 2.99. The minimum Gasteiger partial charge on any atom is -0.389 e. The van der Waals surface area contributed by atoms with Crippen molar-refractivity contribution in [3.63, 3.8) is 0 Å². The van der Waals surface area contributed by atoms with Crippen molar-refractivity contribution in [1.82, 2.24) is 10.2 Å². The van der Waals surface area contributed by atoms with Crippen molar-refractivity contribution in [3.8, 4) is 0 Å². The number of imide groups is 1. The minimum absolute atomic E-state index is 0.0523. The van der Waals surface area contributed by atoms with Crippen molar-refractivity contribution < 1.29 is 19.4 Å². The normalized spacial score (nSPS) is 24.8. The van der Waals surface area contributed by atoms with Gasteiger partial charge in [0.2, 0.25) is 0 Å². The number of carbonyl (C=O) groups excluding carboxylic acids is 2. The Labute approximate surface area is 176 Å². The third kappa shape index (κ3) is 4.40. The Hall–Kier alpha value is -2.70. The Kier molecular flexibility index (Phi) is 6.16. The van der Waals surface area contributed by atoms with Gasteiger partial charge in [0.1, 0.15) is 5.54 Å². The van der Waals surface area contributed by atoms with Gasteiger partial charge in [-0.05, 0) is 42.7 Å². The first kappa shape index (κ1) is 20.6. The lowest BCUT2D eigenvalue weighted by atomic mass is 9.74. The average molecular weight is 408 g/mol.